The van der Waals surface area contributed by atoms with E-state index < -0.39 is 0 Å². The van der Waals surface area contributed by atoms with Gasteiger partial charge in [-0.15, -0.1) is 0 Å². The van der Waals surface area contributed by atoms with Crippen LogP contribution in [0.2, 0.25) is 0 Å². The van der Waals surface area contributed by atoms with Crippen molar-refractivity contribution in [3.8, 4) is 0 Å². The highest BCUT2D eigenvalue weighted by molar-refractivity contribution is 5.96. The molecule has 0 aliphatic carbocycles. The lowest BCUT2D eigenvalue weighted by Gasteiger charge is -2.29. The molecule has 0 saturated carbocycles. The van der Waals surface area contributed by atoms with E-state index >= 15 is 0 Å². The molecule has 1 aromatic carbocycles. The Balaban J connectivity index is 2.09. The van der Waals surface area contributed by atoms with Crippen molar-refractivity contribution in [2.75, 3.05) is 32.0 Å². The topological polar surface area (TPSA) is 62.3 Å². The molecule has 1 aromatic rings. The standard InChI is InChI=1S/C11H15N3O/c12-10-3-1-9(2-4-10)11(13)14-5-7-15-8-6-14/h1-4,13H,5-8,12H2. The maximum Gasteiger partial charge on any atom is 0.128 e. The molecule has 0 amide bonds. The molecule has 0 radical (unpaired) electrons. The van der Waals surface area contributed by atoms with Crippen LogP contribution in [0.25, 0.3) is 0 Å². The van der Waals surface area contributed by atoms with Gasteiger partial charge in [-0.25, -0.2) is 0 Å². The van der Waals surface area contributed by atoms with Crippen LogP contribution >= 0.6 is 0 Å². The minimum absolute atomic E-state index is 0.554. The molecule has 0 unspecified atom stereocenters. The minimum Gasteiger partial charge on any atom is -0.399 e. The van der Waals surface area contributed by atoms with Crippen molar-refractivity contribution in [2.24, 2.45) is 0 Å². The maximum atomic E-state index is 8.02. The Morgan fingerprint density at radius 3 is 2.40 bits per heavy atom. The monoisotopic (exact) mass is 205 g/mol. The van der Waals surface area contributed by atoms with Gasteiger partial charge in [-0.1, -0.05) is 0 Å². The first-order chi connectivity index (χ1) is 7.27. The summed E-state index contributed by atoms with van der Waals surface area (Å²) in [5, 5.41) is 8.02. The Hall–Kier alpha value is -1.55. The highest BCUT2D eigenvalue weighted by Gasteiger charge is 2.14. The second kappa shape index (κ2) is 4.31. The zero-order chi connectivity index (χ0) is 10.7. The number of morpholine rings is 1. The lowest BCUT2D eigenvalue weighted by molar-refractivity contribution is 0.0680. The molecule has 2 rings (SSSR count). The molecule has 80 valence electrons. The Labute approximate surface area is 89.1 Å². The molecule has 4 heteroatoms. The molecule has 15 heavy (non-hydrogen) atoms. The van der Waals surface area contributed by atoms with Gasteiger partial charge < -0.3 is 15.4 Å². The summed E-state index contributed by atoms with van der Waals surface area (Å²) in [6.07, 6.45) is 0. The van der Waals surface area contributed by atoms with Crippen molar-refractivity contribution in [3.05, 3.63) is 29.8 Å². The number of anilines is 1. The van der Waals surface area contributed by atoms with E-state index in [1.807, 2.05) is 29.2 Å². The zero-order valence-electron chi connectivity index (χ0n) is 8.57. The number of nitrogens with two attached hydrogens (primary N) is 1. The van der Waals surface area contributed by atoms with Crippen LogP contribution < -0.4 is 5.73 Å². The zero-order valence-corrected chi connectivity index (χ0v) is 8.57. The van der Waals surface area contributed by atoms with Crippen LogP contribution in [0.1, 0.15) is 5.56 Å². The highest BCUT2D eigenvalue weighted by Crippen LogP contribution is 2.09. The summed E-state index contributed by atoms with van der Waals surface area (Å²) in [5.41, 5.74) is 7.24. The van der Waals surface area contributed by atoms with Gasteiger partial charge in [0.25, 0.3) is 0 Å². The van der Waals surface area contributed by atoms with E-state index in [0.29, 0.717) is 19.0 Å². The normalized spacial score (nSPS) is 16.4. The molecule has 1 aliphatic heterocycles. The van der Waals surface area contributed by atoms with Crippen LogP contribution in [-0.4, -0.2) is 37.0 Å². The van der Waals surface area contributed by atoms with Gasteiger partial charge in [0, 0.05) is 24.3 Å². The van der Waals surface area contributed by atoms with Crippen molar-refractivity contribution >= 4 is 11.5 Å². The van der Waals surface area contributed by atoms with Crippen LogP contribution in [0.15, 0.2) is 24.3 Å². The van der Waals surface area contributed by atoms with Crippen LogP contribution in [0.3, 0.4) is 0 Å². The molecular weight excluding hydrogens is 190 g/mol. The van der Waals surface area contributed by atoms with Gasteiger partial charge in [-0.2, -0.15) is 0 Å². The molecule has 0 spiro atoms. The van der Waals surface area contributed by atoms with E-state index in [9.17, 15) is 0 Å². The van der Waals surface area contributed by atoms with E-state index in [1.54, 1.807) is 0 Å². The second-order valence-electron chi connectivity index (χ2n) is 3.57. The molecule has 0 bridgehead atoms. The number of nitrogens with zero attached hydrogens (tertiary/aromatic N) is 1. The lowest BCUT2D eigenvalue weighted by Crippen LogP contribution is -2.40. The van der Waals surface area contributed by atoms with Crippen LogP contribution in [-0.2, 0) is 4.74 Å². The molecule has 1 aliphatic rings. The predicted octanol–water partition coefficient (Wildman–Crippen LogP) is 0.926. The number of ether oxygens (including phenoxy) is 1. The number of nitrogen functional groups attached to an aromatic ring is 1. The molecule has 0 atom stereocenters. The molecular formula is C11H15N3O. The third-order valence-electron chi connectivity index (χ3n) is 2.51. The summed E-state index contributed by atoms with van der Waals surface area (Å²) >= 11 is 0. The molecule has 1 saturated heterocycles. The van der Waals surface area contributed by atoms with E-state index in [2.05, 4.69) is 0 Å². The van der Waals surface area contributed by atoms with Crippen LogP contribution in [0.5, 0.6) is 0 Å². The van der Waals surface area contributed by atoms with Crippen molar-refractivity contribution in [3.63, 3.8) is 0 Å². The smallest absolute Gasteiger partial charge is 0.128 e. The van der Waals surface area contributed by atoms with Gasteiger partial charge in [-0.3, -0.25) is 5.41 Å². The Bertz CT molecular complexity index is 341. The Morgan fingerprint density at radius 2 is 1.80 bits per heavy atom. The van der Waals surface area contributed by atoms with E-state index in [0.717, 1.165) is 24.3 Å². The first-order valence-electron chi connectivity index (χ1n) is 5.04. The average molecular weight is 205 g/mol. The van der Waals surface area contributed by atoms with Crippen LogP contribution in [0, 0.1) is 5.41 Å². The summed E-state index contributed by atoms with van der Waals surface area (Å²) in [6.45, 7) is 3.00. The quantitative estimate of drug-likeness (QED) is 0.407. The van der Waals surface area contributed by atoms with Gasteiger partial charge in [-0.05, 0) is 24.3 Å². The number of amidine groups is 1. The number of benzene rings is 1. The summed E-state index contributed by atoms with van der Waals surface area (Å²) in [4.78, 5) is 2.02. The third-order valence-corrected chi connectivity index (χ3v) is 2.51. The van der Waals surface area contributed by atoms with Crippen molar-refractivity contribution in [1.29, 1.82) is 5.41 Å². The Morgan fingerprint density at radius 1 is 1.20 bits per heavy atom. The average Bonchev–Trinajstić information content (AvgIpc) is 2.30. The summed E-state index contributed by atoms with van der Waals surface area (Å²) in [7, 11) is 0. The second-order valence-corrected chi connectivity index (χ2v) is 3.57. The first-order valence-corrected chi connectivity index (χ1v) is 5.04. The fraction of sp³-hybridized carbons (Fsp3) is 0.364. The van der Waals surface area contributed by atoms with Crippen molar-refractivity contribution in [2.45, 2.75) is 0 Å². The molecule has 3 N–H and O–H groups in total. The van der Waals surface area contributed by atoms with Gasteiger partial charge in [0.2, 0.25) is 0 Å². The van der Waals surface area contributed by atoms with Gasteiger partial charge >= 0.3 is 0 Å². The summed E-state index contributed by atoms with van der Waals surface area (Å²) in [6, 6.07) is 7.41. The van der Waals surface area contributed by atoms with Gasteiger partial charge in [0.1, 0.15) is 5.84 Å². The number of nitrogens with one attached hydrogen (secondary N) is 1. The number of hydrogen-bond donors (Lipinski definition) is 2. The predicted molar refractivity (Wildman–Crippen MR) is 60.1 cm³/mol. The van der Waals surface area contributed by atoms with E-state index in [1.165, 1.54) is 0 Å². The molecule has 0 aromatic heterocycles. The van der Waals surface area contributed by atoms with Crippen molar-refractivity contribution in [1.82, 2.24) is 4.90 Å². The summed E-state index contributed by atoms with van der Waals surface area (Å²) < 4.78 is 5.25. The number of rotatable bonds is 1. The maximum absolute atomic E-state index is 8.02. The molecule has 1 fully saturated rings. The van der Waals surface area contributed by atoms with Crippen LogP contribution in [0.4, 0.5) is 5.69 Å². The first kappa shape index (κ1) is 9.98. The largest absolute Gasteiger partial charge is 0.399 e. The van der Waals surface area contributed by atoms with E-state index in [4.69, 9.17) is 15.9 Å². The van der Waals surface area contributed by atoms with Crippen molar-refractivity contribution < 1.29 is 4.74 Å². The highest BCUT2D eigenvalue weighted by atomic mass is 16.5. The Kier molecular flexibility index (Phi) is 2.87. The fourth-order valence-corrected chi connectivity index (χ4v) is 1.61. The van der Waals surface area contributed by atoms with E-state index in [-0.39, 0.29) is 0 Å². The fourth-order valence-electron chi connectivity index (χ4n) is 1.61. The lowest BCUT2D eigenvalue weighted by atomic mass is 10.1. The van der Waals surface area contributed by atoms with Gasteiger partial charge in [0.15, 0.2) is 0 Å². The minimum atomic E-state index is 0.554. The summed E-state index contributed by atoms with van der Waals surface area (Å²) in [5.74, 6) is 0.554. The molecule has 1 heterocycles. The molecule has 4 nitrogen and oxygen atoms in total. The number of hydrogen-bond acceptors (Lipinski definition) is 3. The SMILES string of the molecule is N=C(c1ccc(N)cc1)N1CCOCC1. The third kappa shape index (κ3) is 2.27. The van der Waals surface area contributed by atoms with Gasteiger partial charge in [0.05, 0.1) is 13.2 Å².